The molecule has 0 nitrogen and oxygen atoms in total. The van der Waals surface area contributed by atoms with Crippen molar-refractivity contribution in [2.75, 3.05) is 0 Å². The van der Waals surface area contributed by atoms with Crippen LogP contribution in [0.2, 0.25) is 0 Å². The molecule has 0 radical (unpaired) electrons. The fourth-order valence-corrected chi connectivity index (χ4v) is 2.82. The lowest BCUT2D eigenvalue weighted by molar-refractivity contribution is 0.0340. The third-order valence-electron chi connectivity index (χ3n) is 4.46. The molecule has 0 aromatic carbocycles. The summed E-state index contributed by atoms with van der Waals surface area (Å²) in [6, 6.07) is 0. The van der Waals surface area contributed by atoms with Crippen LogP contribution in [-0.4, -0.2) is 0 Å². The van der Waals surface area contributed by atoms with Crippen molar-refractivity contribution in [3.05, 3.63) is 0 Å². The smallest absolute Gasteiger partial charge is 0.0298 e. The van der Waals surface area contributed by atoms with Gasteiger partial charge in [-0.25, -0.2) is 0 Å². The number of hydrogen-bond donors (Lipinski definition) is 0. The zero-order valence-electron chi connectivity index (χ0n) is 13.1. The first-order valence-corrected chi connectivity index (χ1v) is 6.99. The van der Waals surface area contributed by atoms with Gasteiger partial charge >= 0.3 is 0 Å². The van der Waals surface area contributed by atoms with Crippen molar-refractivity contribution >= 4 is 0 Å². The van der Waals surface area contributed by atoms with Crippen LogP contribution in [-0.2, 0) is 0 Å². The topological polar surface area (TPSA) is 0 Å². The second-order valence-electron chi connectivity index (χ2n) is 7.87. The molecule has 0 amide bonds. The maximum Gasteiger partial charge on any atom is -0.0298 e. The summed E-state index contributed by atoms with van der Waals surface area (Å²) in [5.41, 5.74) is 0.857. The van der Waals surface area contributed by atoms with Gasteiger partial charge < -0.3 is 0 Å². The highest BCUT2D eigenvalue weighted by molar-refractivity contribution is 4.88. The van der Waals surface area contributed by atoms with Gasteiger partial charge in [0.15, 0.2) is 0 Å². The van der Waals surface area contributed by atoms with Crippen LogP contribution in [0, 0.1) is 28.6 Å². The van der Waals surface area contributed by atoms with E-state index < -0.39 is 0 Å². The number of hydrogen-bond acceptors (Lipinski definition) is 0. The molecule has 0 saturated carbocycles. The van der Waals surface area contributed by atoms with Crippen molar-refractivity contribution in [2.45, 2.75) is 75.2 Å². The quantitative estimate of drug-likeness (QED) is 0.558. The third kappa shape index (κ3) is 4.47. The molecule has 0 heterocycles. The van der Waals surface area contributed by atoms with Gasteiger partial charge in [-0.3, -0.25) is 0 Å². The second-order valence-corrected chi connectivity index (χ2v) is 7.87. The summed E-state index contributed by atoms with van der Waals surface area (Å²) in [7, 11) is 0. The number of rotatable bonds is 5. The minimum atomic E-state index is 0.419. The average molecular weight is 226 g/mol. The molecule has 0 bridgehead atoms. The van der Waals surface area contributed by atoms with E-state index in [1.807, 2.05) is 0 Å². The molecule has 1 atom stereocenters. The van der Waals surface area contributed by atoms with Gasteiger partial charge in [0.1, 0.15) is 0 Å². The van der Waals surface area contributed by atoms with Crippen LogP contribution in [0.4, 0.5) is 0 Å². The standard InChI is InChI=1S/C16H34/c1-12(2)10-11-14(15(5,6)7)16(8,9)13(3)4/h12-14H,10-11H2,1-9H3. The van der Waals surface area contributed by atoms with Gasteiger partial charge in [0.25, 0.3) is 0 Å². The summed E-state index contributed by atoms with van der Waals surface area (Å²) in [6.07, 6.45) is 2.73. The van der Waals surface area contributed by atoms with Crippen LogP contribution >= 0.6 is 0 Å². The van der Waals surface area contributed by atoms with Gasteiger partial charge in [-0.2, -0.15) is 0 Å². The Kier molecular flexibility index (Phi) is 5.56. The molecule has 0 N–H and O–H groups in total. The van der Waals surface area contributed by atoms with E-state index in [0.717, 1.165) is 17.8 Å². The molecule has 0 heteroatoms. The first kappa shape index (κ1) is 16.0. The largest absolute Gasteiger partial charge is 0.0628 e. The van der Waals surface area contributed by atoms with Gasteiger partial charge in [-0.1, -0.05) is 68.7 Å². The Labute approximate surface area is 104 Å². The molecule has 0 saturated heterocycles. The van der Waals surface area contributed by atoms with E-state index in [-0.39, 0.29) is 0 Å². The molecule has 0 aliphatic rings. The normalized spacial score (nSPS) is 15.9. The highest BCUT2D eigenvalue weighted by Gasteiger charge is 2.39. The Bertz CT molecular complexity index is 191. The molecular formula is C16H34. The first-order valence-electron chi connectivity index (χ1n) is 6.99. The molecular weight excluding hydrogens is 192 g/mol. The van der Waals surface area contributed by atoms with Crippen molar-refractivity contribution in [1.82, 2.24) is 0 Å². The minimum absolute atomic E-state index is 0.419. The Morgan fingerprint density at radius 1 is 0.750 bits per heavy atom. The average Bonchev–Trinajstić information content (AvgIpc) is 1.99. The van der Waals surface area contributed by atoms with Crippen molar-refractivity contribution in [1.29, 1.82) is 0 Å². The van der Waals surface area contributed by atoms with Crippen LogP contribution in [0.3, 0.4) is 0 Å². The van der Waals surface area contributed by atoms with Crippen LogP contribution < -0.4 is 0 Å². The third-order valence-corrected chi connectivity index (χ3v) is 4.46. The lowest BCUT2D eigenvalue weighted by atomic mass is 9.59. The summed E-state index contributed by atoms with van der Waals surface area (Å²) in [6.45, 7) is 21.5. The summed E-state index contributed by atoms with van der Waals surface area (Å²) >= 11 is 0. The maximum atomic E-state index is 2.45. The summed E-state index contributed by atoms with van der Waals surface area (Å²) in [5.74, 6) is 2.39. The van der Waals surface area contributed by atoms with Crippen LogP contribution in [0.1, 0.15) is 75.2 Å². The summed E-state index contributed by atoms with van der Waals surface area (Å²) in [4.78, 5) is 0. The monoisotopic (exact) mass is 226 g/mol. The zero-order chi connectivity index (χ0) is 13.1. The van der Waals surface area contributed by atoms with Crippen LogP contribution in [0.15, 0.2) is 0 Å². The lowest BCUT2D eigenvalue weighted by Crippen LogP contribution is -2.38. The van der Waals surface area contributed by atoms with E-state index in [1.54, 1.807) is 0 Å². The molecule has 98 valence electrons. The highest BCUT2D eigenvalue weighted by Crippen LogP contribution is 2.47. The first-order chi connectivity index (χ1) is 6.99. The minimum Gasteiger partial charge on any atom is -0.0628 e. The molecule has 0 aliphatic heterocycles. The van der Waals surface area contributed by atoms with E-state index >= 15 is 0 Å². The molecule has 1 unspecified atom stereocenters. The Morgan fingerprint density at radius 2 is 1.19 bits per heavy atom. The lowest BCUT2D eigenvalue weighted by Gasteiger charge is -2.46. The molecule has 0 fully saturated rings. The Morgan fingerprint density at radius 3 is 1.44 bits per heavy atom. The second kappa shape index (κ2) is 5.56. The highest BCUT2D eigenvalue weighted by atomic mass is 14.4. The summed E-state index contributed by atoms with van der Waals surface area (Å²) < 4.78 is 0. The van der Waals surface area contributed by atoms with E-state index in [0.29, 0.717) is 10.8 Å². The van der Waals surface area contributed by atoms with E-state index in [4.69, 9.17) is 0 Å². The molecule has 16 heavy (non-hydrogen) atoms. The zero-order valence-corrected chi connectivity index (χ0v) is 13.1. The van der Waals surface area contributed by atoms with E-state index in [1.165, 1.54) is 12.8 Å². The van der Waals surface area contributed by atoms with Crippen LogP contribution in [0.25, 0.3) is 0 Å². The Hall–Kier alpha value is 0. The van der Waals surface area contributed by atoms with Crippen molar-refractivity contribution in [3.63, 3.8) is 0 Å². The van der Waals surface area contributed by atoms with Gasteiger partial charge in [-0.15, -0.1) is 0 Å². The SMILES string of the molecule is CC(C)CCC(C(C)(C)C)C(C)(C)C(C)C. The van der Waals surface area contributed by atoms with Gasteiger partial charge in [0.2, 0.25) is 0 Å². The van der Waals surface area contributed by atoms with Gasteiger partial charge in [0, 0.05) is 0 Å². The predicted molar refractivity (Wildman–Crippen MR) is 75.6 cm³/mol. The van der Waals surface area contributed by atoms with Crippen molar-refractivity contribution in [2.24, 2.45) is 28.6 Å². The summed E-state index contributed by atoms with van der Waals surface area (Å²) in [5, 5.41) is 0. The fraction of sp³-hybridized carbons (Fsp3) is 1.00. The van der Waals surface area contributed by atoms with Gasteiger partial charge in [0.05, 0.1) is 0 Å². The molecule has 0 spiro atoms. The van der Waals surface area contributed by atoms with Crippen molar-refractivity contribution in [3.8, 4) is 0 Å². The molecule has 0 rings (SSSR count). The van der Waals surface area contributed by atoms with Crippen molar-refractivity contribution < 1.29 is 0 Å². The predicted octanol–water partition coefficient (Wildman–Crippen LogP) is 5.77. The van der Waals surface area contributed by atoms with E-state index in [2.05, 4.69) is 62.3 Å². The maximum absolute atomic E-state index is 2.45. The van der Waals surface area contributed by atoms with E-state index in [9.17, 15) is 0 Å². The van der Waals surface area contributed by atoms with Gasteiger partial charge in [-0.05, 0) is 35.0 Å². The molecule has 0 aromatic rings. The Balaban J connectivity index is 4.82. The fourth-order valence-electron chi connectivity index (χ4n) is 2.82. The van der Waals surface area contributed by atoms with Crippen LogP contribution in [0.5, 0.6) is 0 Å². The molecule has 0 aromatic heterocycles. The molecule has 0 aliphatic carbocycles.